The summed E-state index contributed by atoms with van der Waals surface area (Å²) in [4.78, 5) is 8.26. The Kier molecular flexibility index (Phi) is 6.07. The monoisotopic (exact) mass is 283 g/mol. The van der Waals surface area contributed by atoms with E-state index in [2.05, 4.69) is 29.0 Å². The lowest BCUT2D eigenvalue weighted by Gasteiger charge is -2.32. The average Bonchev–Trinajstić information content (AvgIpc) is 2.89. The van der Waals surface area contributed by atoms with Gasteiger partial charge >= 0.3 is 0 Å². The summed E-state index contributed by atoms with van der Waals surface area (Å²) in [5.41, 5.74) is 0. The summed E-state index contributed by atoms with van der Waals surface area (Å²) in [6, 6.07) is 0. The summed E-state index contributed by atoms with van der Waals surface area (Å²) in [6.45, 7) is 9.18. The highest BCUT2D eigenvalue weighted by atomic mass is 32.1. The van der Waals surface area contributed by atoms with Crippen molar-refractivity contribution in [2.24, 2.45) is 0 Å². The molecule has 1 unspecified atom stereocenters. The minimum absolute atomic E-state index is 0.379. The molecule has 1 N–H and O–H groups in total. The van der Waals surface area contributed by atoms with Gasteiger partial charge in [-0.2, -0.15) is 0 Å². The first-order chi connectivity index (χ1) is 9.33. The van der Waals surface area contributed by atoms with Gasteiger partial charge < -0.3 is 15.0 Å². The van der Waals surface area contributed by atoms with Crippen molar-refractivity contribution in [2.75, 3.05) is 31.1 Å². The predicted molar refractivity (Wildman–Crippen MR) is 81.0 cm³/mol. The number of hydrogen-bond acceptors (Lipinski definition) is 5. The Bertz CT molecular complexity index is 367. The molecule has 1 fully saturated rings. The van der Waals surface area contributed by atoms with E-state index >= 15 is 0 Å². The third-order valence-electron chi connectivity index (χ3n) is 3.32. The van der Waals surface area contributed by atoms with Crippen molar-refractivity contribution in [1.82, 2.24) is 10.3 Å². The van der Waals surface area contributed by atoms with E-state index in [9.17, 15) is 0 Å². The molecule has 1 saturated heterocycles. The van der Waals surface area contributed by atoms with Gasteiger partial charge in [0.2, 0.25) is 0 Å². The molecule has 0 amide bonds. The Morgan fingerprint density at radius 1 is 1.53 bits per heavy atom. The van der Waals surface area contributed by atoms with Crippen LogP contribution >= 0.6 is 11.3 Å². The number of rotatable bonds is 7. The Morgan fingerprint density at radius 2 is 2.42 bits per heavy atom. The Morgan fingerprint density at radius 3 is 3.21 bits per heavy atom. The van der Waals surface area contributed by atoms with Gasteiger partial charge in [0.05, 0.1) is 6.10 Å². The maximum absolute atomic E-state index is 5.74. The van der Waals surface area contributed by atoms with Crippen LogP contribution in [0.15, 0.2) is 6.20 Å². The van der Waals surface area contributed by atoms with Gasteiger partial charge in [0.15, 0.2) is 5.13 Å². The molecule has 1 aliphatic heterocycles. The van der Waals surface area contributed by atoms with E-state index in [4.69, 9.17) is 4.74 Å². The van der Waals surface area contributed by atoms with Crippen molar-refractivity contribution in [1.29, 1.82) is 0 Å². The number of nitrogens with one attached hydrogen (secondary N) is 1. The minimum Gasteiger partial charge on any atom is -0.377 e. The summed E-state index contributed by atoms with van der Waals surface area (Å²) in [5, 5.41) is 4.57. The molecule has 108 valence electrons. The van der Waals surface area contributed by atoms with Crippen LogP contribution in [-0.2, 0) is 11.3 Å². The van der Waals surface area contributed by atoms with Crippen LogP contribution in [-0.4, -0.2) is 37.3 Å². The first-order valence-electron chi connectivity index (χ1n) is 7.35. The van der Waals surface area contributed by atoms with Gasteiger partial charge in [-0.25, -0.2) is 4.98 Å². The molecular formula is C14H25N3OS. The van der Waals surface area contributed by atoms with Crippen LogP contribution in [0.1, 0.15) is 38.0 Å². The van der Waals surface area contributed by atoms with Crippen LogP contribution in [0.3, 0.4) is 0 Å². The van der Waals surface area contributed by atoms with Crippen molar-refractivity contribution in [2.45, 2.75) is 45.8 Å². The lowest BCUT2D eigenvalue weighted by molar-refractivity contribution is 0.0526. The Balaban J connectivity index is 1.86. The first kappa shape index (κ1) is 14.8. The molecule has 2 heterocycles. The third-order valence-corrected chi connectivity index (χ3v) is 4.38. The third kappa shape index (κ3) is 4.44. The zero-order valence-electron chi connectivity index (χ0n) is 12.0. The van der Waals surface area contributed by atoms with E-state index in [-0.39, 0.29) is 0 Å². The standard InChI is InChI=1S/C14H25N3OS/c1-3-7-15-9-13-10-16-14(19-13)17-8-5-6-12(11-17)18-4-2/h10,12,15H,3-9,11H2,1-2H3. The molecule has 0 aliphatic carbocycles. The van der Waals surface area contributed by atoms with Gasteiger partial charge in [-0.1, -0.05) is 6.92 Å². The van der Waals surface area contributed by atoms with Crippen LogP contribution in [0.25, 0.3) is 0 Å². The molecule has 1 aromatic rings. The summed E-state index contributed by atoms with van der Waals surface area (Å²) in [5.74, 6) is 0. The molecule has 1 aliphatic rings. The van der Waals surface area contributed by atoms with Gasteiger partial charge in [0, 0.05) is 37.3 Å². The topological polar surface area (TPSA) is 37.4 Å². The number of ether oxygens (including phenoxy) is 1. The van der Waals surface area contributed by atoms with Gasteiger partial charge in [-0.05, 0) is 32.7 Å². The van der Waals surface area contributed by atoms with Crippen molar-refractivity contribution in [3.05, 3.63) is 11.1 Å². The van der Waals surface area contributed by atoms with Gasteiger partial charge in [0.1, 0.15) is 0 Å². The smallest absolute Gasteiger partial charge is 0.185 e. The first-order valence-corrected chi connectivity index (χ1v) is 8.17. The number of piperidine rings is 1. The van der Waals surface area contributed by atoms with E-state index in [1.807, 2.05) is 6.20 Å². The number of aromatic nitrogens is 1. The molecular weight excluding hydrogens is 258 g/mol. The van der Waals surface area contributed by atoms with Crippen LogP contribution in [0.2, 0.25) is 0 Å². The fourth-order valence-electron chi connectivity index (χ4n) is 2.40. The highest BCUT2D eigenvalue weighted by Crippen LogP contribution is 2.26. The normalized spacial score (nSPS) is 19.9. The quantitative estimate of drug-likeness (QED) is 0.781. The highest BCUT2D eigenvalue weighted by molar-refractivity contribution is 7.15. The largest absolute Gasteiger partial charge is 0.377 e. The summed E-state index contributed by atoms with van der Waals surface area (Å²) in [6.07, 6.45) is 5.94. The molecule has 1 aromatic heterocycles. The van der Waals surface area contributed by atoms with E-state index in [1.54, 1.807) is 11.3 Å². The van der Waals surface area contributed by atoms with Crippen LogP contribution in [0, 0.1) is 0 Å². The molecule has 0 aromatic carbocycles. The lowest BCUT2D eigenvalue weighted by Crippen LogP contribution is -2.39. The SMILES string of the molecule is CCCNCc1cnc(N2CCCC(OCC)C2)s1. The fourth-order valence-corrected chi connectivity index (χ4v) is 3.31. The molecule has 4 nitrogen and oxygen atoms in total. The van der Waals surface area contributed by atoms with Gasteiger partial charge in [-0.15, -0.1) is 11.3 Å². The van der Waals surface area contributed by atoms with Crippen molar-refractivity contribution >= 4 is 16.5 Å². The molecule has 2 rings (SSSR count). The van der Waals surface area contributed by atoms with E-state index in [0.29, 0.717) is 6.10 Å². The van der Waals surface area contributed by atoms with Crippen molar-refractivity contribution in [3.8, 4) is 0 Å². The zero-order chi connectivity index (χ0) is 13.5. The lowest BCUT2D eigenvalue weighted by atomic mass is 10.1. The van der Waals surface area contributed by atoms with Crippen LogP contribution in [0.4, 0.5) is 5.13 Å². The Hall–Kier alpha value is -0.650. The molecule has 0 bridgehead atoms. The number of anilines is 1. The highest BCUT2D eigenvalue weighted by Gasteiger charge is 2.22. The molecule has 0 radical (unpaired) electrons. The molecule has 5 heteroatoms. The maximum atomic E-state index is 5.74. The van der Waals surface area contributed by atoms with Gasteiger partial charge in [0.25, 0.3) is 0 Å². The average molecular weight is 283 g/mol. The second-order valence-electron chi connectivity index (χ2n) is 4.95. The second kappa shape index (κ2) is 7.82. The van der Waals surface area contributed by atoms with Gasteiger partial charge in [-0.3, -0.25) is 0 Å². The number of hydrogen-bond donors (Lipinski definition) is 1. The van der Waals surface area contributed by atoms with E-state index < -0.39 is 0 Å². The molecule has 0 spiro atoms. The molecule has 1 atom stereocenters. The summed E-state index contributed by atoms with van der Waals surface area (Å²) in [7, 11) is 0. The van der Waals surface area contributed by atoms with E-state index in [1.165, 1.54) is 24.1 Å². The fraction of sp³-hybridized carbons (Fsp3) is 0.786. The number of thiazole rings is 1. The number of nitrogens with zero attached hydrogens (tertiary/aromatic N) is 2. The van der Waals surface area contributed by atoms with Crippen LogP contribution < -0.4 is 10.2 Å². The minimum atomic E-state index is 0.379. The summed E-state index contributed by atoms with van der Waals surface area (Å²) < 4.78 is 5.74. The predicted octanol–water partition coefficient (Wildman–Crippen LogP) is 2.65. The van der Waals surface area contributed by atoms with Crippen LogP contribution in [0.5, 0.6) is 0 Å². The van der Waals surface area contributed by atoms with Crippen molar-refractivity contribution in [3.63, 3.8) is 0 Å². The zero-order valence-corrected chi connectivity index (χ0v) is 12.8. The maximum Gasteiger partial charge on any atom is 0.185 e. The second-order valence-corrected chi connectivity index (χ2v) is 6.05. The van der Waals surface area contributed by atoms with E-state index in [0.717, 1.165) is 37.9 Å². The Labute approximate surface area is 120 Å². The van der Waals surface area contributed by atoms with Crippen molar-refractivity contribution < 1.29 is 4.74 Å². The summed E-state index contributed by atoms with van der Waals surface area (Å²) >= 11 is 1.81. The molecule has 19 heavy (non-hydrogen) atoms. The molecule has 0 saturated carbocycles.